The maximum absolute atomic E-state index is 11.8. The third kappa shape index (κ3) is 1.89. The van der Waals surface area contributed by atoms with Crippen LogP contribution < -0.4 is 0 Å². The first kappa shape index (κ1) is 10.2. The second-order valence-corrected chi connectivity index (χ2v) is 5.16. The molecule has 2 aromatic rings. The van der Waals surface area contributed by atoms with Gasteiger partial charge in [0.2, 0.25) is 0 Å². The van der Waals surface area contributed by atoms with Crippen molar-refractivity contribution in [1.82, 2.24) is 4.90 Å². The average molecular weight is 235 g/mol. The Balaban J connectivity index is 2.28. The van der Waals surface area contributed by atoms with Gasteiger partial charge in [-0.1, -0.05) is 5.92 Å². The van der Waals surface area contributed by atoms with E-state index in [1.165, 1.54) is 11.3 Å². The lowest BCUT2D eigenvalue weighted by atomic mass is 10.4. The summed E-state index contributed by atoms with van der Waals surface area (Å²) in [5, 5.41) is 2.03. The summed E-state index contributed by atoms with van der Waals surface area (Å²) >= 11 is 3.17. The Morgan fingerprint density at radius 1 is 1.60 bits per heavy atom. The van der Waals surface area contributed by atoms with Crippen molar-refractivity contribution in [2.45, 2.75) is 0 Å². The van der Waals surface area contributed by atoms with Crippen LogP contribution in [0, 0.1) is 12.3 Å². The van der Waals surface area contributed by atoms with Crippen LogP contribution >= 0.6 is 22.7 Å². The molecule has 2 rings (SSSR count). The summed E-state index contributed by atoms with van der Waals surface area (Å²) in [4.78, 5) is 14.2. The van der Waals surface area contributed by atoms with Crippen molar-refractivity contribution in [3.05, 3.63) is 22.4 Å². The predicted octanol–water partition coefficient (Wildman–Crippen LogP) is 2.67. The fourth-order valence-electron chi connectivity index (χ4n) is 1.27. The van der Waals surface area contributed by atoms with Crippen LogP contribution in [-0.2, 0) is 0 Å². The third-order valence-electron chi connectivity index (χ3n) is 2.03. The highest BCUT2D eigenvalue weighted by Gasteiger charge is 2.14. The minimum absolute atomic E-state index is 0.00125. The minimum atomic E-state index is 0.00125. The van der Waals surface area contributed by atoms with Crippen LogP contribution in [0.3, 0.4) is 0 Å². The number of terminal acetylenes is 1. The van der Waals surface area contributed by atoms with Gasteiger partial charge in [0.05, 0.1) is 11.4 Å². The molecule has 2 nitrogen and oxygen atoms in total. The highest BCUT2D eigenvalue weighted by molar-refractivity contribution is 7.27. The Morgan fingerprint density at radius 3 is 3.07 bits per heavy atom. The van der Waals surface area contributed by atoms with E-state index in [-0.39, 0.29) is 5.91 Å². The summed E-state index contributed by atoms with van der Waals surface area (Å²) in [6.07, 6.45) is 5.16. The molecule has 2 heterocycles. The molecule has 0 fully saturated rings. The topological polar surface area (TPSA) is 20.3 Å². The van der Waals surface area contributed by atoms with Gasteiger partial charge < -0.3 is 4.90 Å². The number of amides is 1. The van der Waals surface area contributed by atoms with Gasteiger partial charge in [0, 0.05) is 16.4 Å². The minimum Gasteiger partial charge on any atom is -0.330 e. The van der Waals surface area contributed by atoms with Crippen LogP contribution in [0.4, 0.5) is 0 Å². The van der Waals surface area contributed by atoms with Crippen LogP contribution in [0.15, 0.2) is 17.5 Å². The van der Waals surface area contributed by atoms with Gasteiger partial charge in [-0.3, -0.25) is 4.79 Å². The number of hydrogen-bond acceptors (Lipinski definition) is 3. The molecule has 0 spiro atoms. The summed E-state index contributed by atoms with van der Waals surface area (Å²) < 4.78 is 2.33. The molecule has 0 aliphatic carbocycles. The second kappa shape index (κ2) is 4.05. The molecule has 2 aromatic heterocycles. The smallest absolute Gasteiger partial charge is 0.264 e. The lowest BCUT2D eigenvalue weighted by molar-refractivity contribution is 0.0817. The number of carbonyl (C=O) groups is 1. The number of carbonyl (C=O) groups excluding carboxylic acids is 1. The van der Waals surface area contributed by atoms with Crippen LogP contribution in [-0.4, -0.2) is 24.4 Å². The molecular weight excluding hydrogens is 226 g/mol. The van der Waals surface area contributed by atoms with E-state index < -0.39 is 0 Å². The number of rotatable bonds is 2. The summed E-state index contributed by atoms with van der Waals surface area (Å²) in [6, 6.07) is 3.96. The molecule has 76 valence electrons. The van der Waals surface area contributed by atoms with Crippen molar-refractivity contribution in [2.75, 3.05) is 13.6 Å². The monoisotopic (exact) mass is 235 g/mol. The molecule has 1 amide bonds. The Kier molecular flexibility index (Phi) is 2.76. The Hall–Kier alpha value is -1.31. The first-order valence-corrected chi connectivity index (χ1v) is 6.08. The molecule has 0 bridgehead atoms. The highest BCUT2D eigenvalue weighted by atomic mass is 32.1. The van der Waals surface area contributed by atoms with Crippen molar-refractivity contribution in [2.24, 2.45) is 0 Å². The van der Waals surface area contributed by atoms with Crippen molar-refractivity contribution in [3.8, 4) is 12.3 Å². The van der Waals surface area contributed by atoms with Gasteiger partial charge >= 0.3 is 0 Å². The van der Waals surface area contributed by atoms with E-state index in [0.717, 1.165) is 14.3 Å². The third-order valence-corrected chi connectivity index (χ3v) is 4.11. The number of nitrogens with zero attached hydrogens (tertiary/aromatic N) is 1. The largest absolute Gasteiger partial charge is 0.330 e. The molecule has 0 aliphatic heterocycles. The van der Waals surface area contributed by atoms with Crippen LogP contribution in [0.1, 0.15) is 9.67 Å². The number of thiophene rings is 2. The molecule has 0 unspecified atom stereocenters. The lowest BCUT2D eigenvalue weighted by Crippen LogP contribution is -2.26. The fraction of sp³-hybridized carbons (Fsp3) is 0.182. The molecule has 0 aliphatic rings. The maximum Gasteiger partial charge on any atom is 0.264 e. The quantitative estimate of drug-likeness (QED) is 0.733. The Morgan fingerprint density at radius 2 is 2.40 bits per heavy atom. The fourth-order valence-corrected chi connectivity index (χ4v) is 3.37. The zero-order chi connectivity index (χ0) is 10.8. The van der Waals surface area contributed by atoms with E-state index in [0.29, 0.717) is 6.54 Å². The van der Waals surface area contributed by atoms with Gasteiger partial charge in [-0.05, 0) is 17.5 Å². The van der Waals surface area contributed by atoms with Gasteiger partial charge in [-0.15, -0.1) is 29.1 Å². The van der Waals surface area contributed by atoms with Gasteiger partial charge in [0.1, 0.15) is 0 Å². The van der Waals surface area contributed by atoms with E-state index in [9.17, 15) is 4.79 Å². The highest BCUT2D eigenvalue weighted by Crippen LogP contribution is 2.30. The van der Waals surface area contributed by atoms with E-state index in [2.05, 4.69) is 5.92 Å². The standard InChI is InChI=1S/C11H9NOS2/c1-3-5-12(2)11(13)10-7-9-8(15-10)4-6-14-9/h1,4,6-7H,5H2,2H3. The normalized spacial score (nSPS) is 10.1. The number of fused-ring (bicyclic) bond motifs is 1. The summed E-state index contributed by atoms with van der Waals surface area (Å²) in [6.45, 7) is 0.352. The maximum atomic E-state index is 11.8. The van der Waals surface area contributed by atoms with Crippen molar-refractivity contribution in [3.63, 3.8) is 0 Å². The van der Waals surface area contributed by atoms with Crippen LogP contribution in [0.5, 0.6) is 0 Å². The molecule has 0 saturated carbocycles. The summed E-state index contributed by atoms with van der Waals surface area (Å²) in [5.41, 5.74) is 0. The predicted molar refractivity (Wildman–Crippen MR) is 65.5 cm³/mol. The van der Waals surface area contributed by atoms with E-state index in [1.807, 2.05) is 17.5 Å². The van der Waals surface area contributed by atoms with Crippen molar-refractivity contribution < 1.29 is 4.79 Å². The van der Waals surface area contributed by atoms with Crippen LogP contribution in [0.2, 0.25) is 0 Å². The van der Waals surface area contributed by atoms with Gasteiger partial charge in [-0.2, -0.15) is 0 Å². The molecule has 0 radical (unpaired) electrons. The van der Waals surface area contributed by atoms with Gasteiger partial charge in [-0.25, -0.2) is 0 Å². The lowest BCUT2D eigenvalue weighted by Gasteiger charge is -2.11. The molecule has 0 saturated heterocycles. The zero-order valence-electron chi connectivity index (χ0n) is 8.19. The van der Waals surface area contributed by atoms with E-state index >= 15 is 0 Å². The first-order chi connectivity index (χ1) is 7.22. The summed E-state index contributed by atoms with van der Waals surface area (Å²) in [5.74, 6) is 2.46. The first-order valence-electron chi connectivity index (χ1n) is 4.38. The molecular formula is C11H9NOS2. The Labute approximate surface area is 96.1 Å². The average Bonchev–Trinajstić information content (AvgIpc) is 2.75. The molecule has 15 heavy (non-hydrogen) atoms. The van der Waals surface area contributed by atoms with Crippen molar-refractivity contribution >= 4 is 38.0 Å². The summed E-state index contributed by atoms with van der Waals surface area (Å²) in [7, 11) is 1.72. The SMILES string of the molecule is C#CCN(C)C(=O)c1cc2sccc2s1. The molecule has 0 N–H and O–H groups in total. The Bertz CT molecular complexity index is 504. The van der Waals surface area contributed by atoms with Crippen molar-refractivity contribution in [1.29, 1.82) is 0 Å². The number of hydrogen-bond donors (Lipinski definition) is 0. The van der Waals surface area contributed by atoms with Gasteiger partial charge in [0.15, 0.2) is 0 Å². The van der Waals surface area contributed by atoms with Crippen LogP contribution in [0.25, 0.3) is 9.40 Å². The molecule has 0 atom stereocenters. The van der Waals surface area contributed by atoms with E-state index in [1.54, 1.807) is 23.3 Å². The van der Waals surface area contributed by atoms with Gasteiger partial charge in [0.25, 0.3) is 5.91 Å². The zero-order valence-corrected chi connectivity index (χ0v) is 9.82. The molecule has 4 heteroatoms. The second-order valence-electron chi connectivity index (χ2n) is 3.13. The van der Waals surface area contributed by atoms with E-state index in [4.69, 9.17) is 6.42 Å². The molecule has 0 aromatic carbocycles.